The Morgan fingerprint density at radius 3 is 2.73 bits per heavy atom. The van der Waals surface area contributed by atoms with Gasteiger partial charge in [-0.1, -0.05) is 13.8 Å². The van der Waals surface area contributed by atoms with Crippen molar-refractivity contribution in [3.63, 3.8) is 0 Å². The fraction of sp³-hybridized carbons (Fsp3) is 1.00. The molecule has 11 heavy (non-hydrogen) atoms. The zero-order valence-corrected chi connectivity index (χ0v) is 9.44. The van der Waals surface area contributed by atoms with Crippen molar-refractivity contribution in [2.75, 3.05) is 19.7 Å². The van der Waals surface area contributed by atoms with E-state index in [2.05, 4.69) is 26.1 Å². The van der Waals surface area contributed by atoms with Crippen LogP contribution in [0.4, 0.5) is 0 Å². The first-order chi connectivity index (χ1) is 5.31. The predicted molar refractivity (Wildman–Crippen MR) is 52.7 cm³/mol. The Hall–Kier alpha value is 0.137. The van der Waals surface area contributed by atoms with Crippen LogP contribution in [0.1, 0.15) is 20.8 Å². The first kappa shape index (κ1) is 11.1. The molecule has 0 aromatic rings. The third-order valence-electron chi connectivity index (χ3n) is 1.70. The van der Waals surface area contributed by atoms with Gasteiger partial charge in [-0.25, -0.2) is 0 Å². The maximum absolute atomic E-state index is 5.40. The molecule has 0 aliphatic heterocycles. The molecule has 0 radical (unpaired) electrons. The summed E-state index contributed by atoms with van der Waals surface area (Å²) in [4.78, 5) is 0. The van der Waals surface area contributed by atoms with Crippen LogP contribution in [0.5, 0.6) is 0 Å². The highest BCUT2D eigenvalue weighted by molar-refractivity contribution is 6.27. The van der Waals surface area contributed by atoms with Gasteiger partial charge in [0.1, 0.15) is 0 Å². The molecule has 3 heteroatoms. The van der Waals surface area contributed by atoms with E-state index >= 15 is 0 Å². The molecule has 0 saturated carbocycles. The third kappa shape index (κ3) is 8.04. The second kappa shape index (κ2) is 8.24. The average Bonchev–Trinajstić information content (AvgIpc) is 2.01. The summed E-state index contributed by atoms with van der Waals surface area (Å²) >= 11 is 0. The lowest BCUT2D eigenvalue weighted by molar-refractivity contribution is 0.354. The Morgan fingerprint density at radius 2 is 2.18 bits per heavy atom. The van der Waals surface area contributed by atoms with Crippen molar-refractivity contribution in [1.82, 2.24) is 5.32 Å². The van der Waals surface area contributed by atoms with E-state index in [-0.39, 0.29) is 9.76 Å². The summed E-state index contributed by atoms with van der Waals surface area (Å²) in [5.74, 6) is 0.799. The Morgan fingerprint density at radius 1 is 1.45 bits per heavy atom. The van der Waals surface area contributed by atoms with Gasteiger partial charge in [0.2, 0.25) is 0 Å². The number of rotatable bonds is 7. The van der Waals surface area contributed by atoms with Crippen molar-refractivity contribution < 1.29 is 4.43 Å². The molecule has 0 amide bonds. The van der Waals surface area contributed by atoms with E-state index in [0.717, 1.165) is 25.6 Å². The fourth-order valence-corrected chi connectivity index (χ4v) is 1.98. The highest BCUT2D eigenvalue weighted by Crippen LogP contribution is 1.99. The lowest BCUT2D eigenvalue weighted by Crippen LogP contribution is -2.21. The van der Waals surface area contributed by atoms with Gasteiger partial charge in [0.05, 0.1) is 0 Å². The molecule has 1 atom stereocenters. The lowest BCUT2D eigenvalue weighted by Gasteiger charge is -2.10. The van der Waals surface area contributed by atoms with Gasteiger partial charge < -0.3 is 9.74 Å². The normalized spacial score (nSPS) is 14.5. The molecule has 0 fully saturated rings. The largest absolute Gasteiger partial charge is 0.424 e. The summed E-state index contributed by atoms with van der Waals surface area (Å²) < 4.78 is 5.40. The quantitative estimate of drug-likeness (QED) is 0.456. The van der Waals surface area contributed by atoms with Crippen LogP contribution in [-0.4, -0.2) is 29.5 Å². The molecule has 0 spiro atoms. The molecule has 0 heterocycles. The van der Waals surface area contributed by atoms with E-state index in [0.29, 0.717) is 0 Å². The third-order valence-corrected chi connectivity index (χ3v) is 3.62. The van der Waals surface area contributed by atoms with Gasteiger partial charge >= 0.3 is 0 Å². The lowest BCUT2D eigenvalue weighted by atomic mass is 10.2. The zero-order valence-electron chi connectivity index (χ0n) is 8.02. The monoisotopic (exact) mass is 175 g/mol. The van der Waals surface area contributed by atoms with Crippen molar-refractivity contribution in [3.8, 4) is 0 Å². The van der Waals surface area contributed by atoms with E-state index in [4.69, 9.17) is 4.43 Å². The minimum Gasteiger partial charge on any atom is -0.424 e. The van der Waals surface area contributed by atoms with Crippen LogP contribution in [0.15, 0.2) is 0 Å². The zero-order chi connectivity index (χ0) is 8.53. The number of hydrogen-bond donors (Lipinski definition) is 1. The molecule has 0 rings (SSSR count). The van der Waals surface area contributed by atoms with Gasteiger partial charge in [0, 0.05) is 6.61 Å². The molecular weight excluding hydrogens is 154 g/mol. The maximum atomic E-state index is 5.40. The molecule has 0 aromatic heterocycles. The smallest absolute Gasteiger partial charge is 0.161 e. The average molecular weight is 175 g/mol. The van der Waals surface area contributed by atoms with E-state index in [1.54, 1.807) is 0 Å². The molecule has 0 bridgehead atoms. The van der Waals surface area contributed by atoms with Crippen molar-refractivity contribution in [2.24, 2.45) is 5.92 Å². The molecule has 0 saturated heterocycles. The predicted octanol–water partition coefficient (Wildman–Crippen LogP) is 0.771. The Bertz CT molecular complexity index is 80.5. The Labute approximate surface area is 72.7 Å². The fourth-order valence-electron chi connectivity index (χ4n) is 0.922. The van der Waals surface area contributed by atoms with Crippen molar-refractivity contribution in [3.05, 3.63) is 0 Å². The van der Waals surface area contributed by atoms with E-state index in [1.165, 1.54) is 6.04 Å². The van der Waals surface area contributed by atoms with Crippen molar-refractivity contribution in [2.45, 2.75) is 26.8 Å². The summed E-state index contributed by atoms with van der Waals surface area (Å²) in [6, 6.07) is 1.31. The van der Waals surface area contributed by atoms with Gasteiger partial charge in [-0.2, -0.15) is 0 Å². The second-order valence-corrected chi connectivity index (χ2v) is 4.29. The second-order valence-electron chi connectivity index (χ2n) is 2.90. The molecule has 68 valence electrons. The van der Waals surface area contributed by atoms with Gasteiger partial charge in [-0.05, 0) is 32.0 Å². The summed E-state index contributed by atoms with van der Waals surface area (Å²) in [5, 5.41) is 3.34. The van der Waals surface area contributed by atoms with Crippen LogP contribution < -0.4 is 5.32 Å². The van der Waals surface area contributed by atoms with E-state index in [1.807, 2.05) is 0 Å². The van der Waals surface area contributed by atoms with Crippen LogP contribution >= 0.6 is 0 Å². The summed E-state index contributed by atoms with van der Waals surface area (Å²) in [5.41, 5.74) is 0. The SMILES string of the molecule is CCNCC(C)C[SiH2]OCC. The first-order valence-electron chi connectivity index (χ1n) is 4.59. The highest BCUT2D eigenvalue weighted by Gasteiger charge is 2.00. The standard InChI is InChI=1S/C8H21NOSi/c1-4-9-6-8(3)7-11-10-5-2/h8-9H,4-7,11H2,1-3H3. The molecule has 0 aliphatic rings. The topological polar surface area (TPSA) is 21.3 Å². The molecule has 2 nitrogen and oxygen atoms in total. The molecule has 0 aliphatic carbocycles. The van der Waals surface area contributed by atoms with Gasteiger partial charge in [-0.15, -0.1) is 0 Å². The number of hydrogen-bond acceptors (Lipinski definition) is 2. The minimum atomic E-state index is -0.204. The molecule has 1 N–H and O–H groups in total. The van der Waals surface area contributed by atoms with Gasteiger partial charge in [0.15, 0.2) is 9.76 Å². The van der Waals surface area contributed by atoms with Crippen LogP contribution in [0, 0.1) is 5.92 Å². The first-order valence-corrected chi connectivity index (χ1v) is 6.17. The summed E-state index contributed by atoms with van der Waals surface area (Å²) in [6.45, 7) is 9.64. The van der Waals surface area contributed by atoms with Crippen molar-refractivity contribution >= 4 is 9.76 Å². The molecule has 1 unspecified atom stereocenters. The van der Waals surface area contributed by atoms with Crippen LogP contribution in [0.3, 0.4) is 0 Å². The van der Waals surface area contributed by atoms with Crippen LogP contribution in [0.25, 0.3) is 0 Å². The summed E-state index contributed by atoms with van der Waals surface area (Å²) in [7, 11) is -0.204. The van der Waals surface area contributed by atoms with Gasteiger partial charge in [-0.3, -0.25) is 0 Å². The molecular formula is C8H21NOSi. The Kier molecular flexibility index (Phi) is 8.34. The van der Waals surface area contributed by atoms with E-state index in [9.17, 15) is 0 Å². The minimum absolute atomic E-state index is 0.204. The number of nitrogens with one attached hydrogen (secondary N) is 1. The maximum Gasteiger partial charge on any atom is 0.161 e. The summed E-state index contributed by atoms with van der Waals surface area (Å²) in [6.07, 6.45) is 0. The highest BCUT2D eigenvalue weighted by atomic mass is 28.2. The van der Waals surface area contributed by atoms with Crippen LogP contribution in [-0.2, 0) is 4.43 Å². The Balaban J connectivity index is 3.02. The van der Waals surface area contributed by atoms with Gasteiger partial charge in [0.25, 0.3) is 0 Å². The van der Waals surface area contributed by atoms with Crippen molar-refractivity contribution in [1.29, 1.82) is 0 Å². The van der Waals surface area contributed by atoms with Crippen LogP contribution in [0.2, 0.25) is 6.04 Å². The van der Waals surface area contributed by atoms with E-state index < -0.39 is 0 Å². The molecule has 0 aromatic carbocycles.